The number of nitrogens with two attached hydrogens (primary N) is 1. The Morgan fingerprint density at radius 3 is 1.57 bits per heavy atom. The third kappa shape index (κ3) is 14.2. The van der Waals surface area contributed by atoms with Gasteiger partial charge in [0.05, 0.1) is 0 Å². The average molecular weight is 199 g/mol. The van der Waals surface area contributed by atoms with Gasteiger partial charge in [0.15, 0.2) is 0 Å². The van der Waals surface area contributed by atoms with Crippen LogP contribution in [0.2, 0.25) is 0 Å². The highest BCUT2D eigenvalue weighted by Crippen LogP contribution is 2.14. The normalized spacial score (nSPS) is 15.6. The van der Waals surface area contributed by atoms with Crippen molar-refractivity contribution in [1.29, 1.82) is 0 Å². The molecule has 2 N–H and O–H groups in total. The van der Waals surface area contributed by atoms with Crippen molar-refractivity contribution in [1.82, 2.24) is 0 Å². The summed E-state index contributed by atoms with van der Waals surface area (Å²) in [6, 6.07) is 0.536. The van der Waals surface area contributed by atoms with E-state index in [4.69, 9.17) is 5.73 Å². The molecule has 0 aliphatic heterocycles. The van der Waals surface area contributed by atoms with Crippen LogP contribution in [0.25, 0.3) is 0 Å². The van der Waals surface area contributed by atoms with Gasteiger partial charge in [0.25, 0.3) is 0 Å². The maximum absolute atomic E-state index is 5.63. The number of hydrogen-bond acceptors (Lipinski definition) is 1. The molecule has 0 spiro atoms. The third-order valence-corrected chi connectivity index (χ3v) is 2.23. The Morgan fingerprint density at radius 1 is 1.07 bits per heavy atom. The molecule has 1 nitrogen and oxygen atoms in total. The van der Waals surface area contributed by atoms with Gasteiger partial charge in [-0.1, -0.05) is 44.8 Å². The third-order valence-electron chi connectivity index (χ3n) is 2.23. The second kappa shape index (κ2) is 12.7. The molecule has 1 aliphatic rings. The summed E-state index contributed by atoms with van der Waals surface area (Å²) in [4.78, 5) is 0. The largest absolute Gasteiger partial charge is 0.328 e. The predicted octanol–water partition coefficient (Wildman–Crippen LogP) is 4.28. The lowest BCUT2D eigenvalue weighted by molar-refractivity contribution is 0.441. The van der Waals surface area contributed by atoms with E-state index in [1.807, 2.05) is 20.8 Å². The Kier molecular flexibility index (Phi) is 14.6. The maximum atomic E-state index is 5.63. The van der Waals surface area contributed by atoms with E-state index in [-0.39, 0.29) is 0 Å². The van der Waals surface area contributed by atoms with Gasteiger partial charge >= 0.3 is 0 Å². The van der Waals surface area contributed by atoms with E-state index in [9.17, 15) is 0 Å². The molecule has 0 atom stereocenters. The molecule has 14 heavy (non-hydrogen) atoms. The van der Waals surface area contributed by atoms with Crippen molar-refractivity contribution in [2.45, 2.75) is 72.8 Å². The quantitative estimate of drug-likeness (QED) is 0.579. The van der Waals surface area contributed by atoms with Gasteiger partial charge in [-0.3, -0.25) is 0 Å². The molecule has 0 unspecified atom stereocenters. The van der Waals surface area contributed by atoms with Gasteiger partial charge in [-0.25, -0.2) is 0 Å². The topological polar surface area (TPSA) is 26.0 Å². The van der Waals surface area contributed by atoms with Gasteiger partial charge in [0.1, 0.15) is 0 Å². The molecule has 1 aliphatic carbocycles. The zero-order valence-corrected chi connectivity index (χ0v) is 10.8. The smallest absolute Gasteiger partial charge is 0.00388 e. The van der Waals surface area contributed by atoms with Crippen LogP contribution in [0, 0.1) is 0 Å². The van der Waals surface area contributed by atoms with Crippen molar-refractivity contribution in [3.05, 3.63) is 11.6 Å². The van der Waals surface area contributed by atoms with Crippen LogP contribution in [0.15, 0.2) is 11.6 Å². The SMILES string of the molecule is CC.CC=C(C)C.NC1CCCCC1. The predicted molar refractivity (Wildman–Crippen MR) is 67.5 cm³/mol. The average Bonchev–Trinajstić information content (AvgIpc) is 2.23. The molecule has 0 aromatic heterocycles. The fraction of sp³-hybridized carbons (Fsp3) is 0.846. The Labute approximate surface area is 90.8 Å². The lowest BCUT2D eigenvalue weighted by atomic mass is 9.97. The van der Waals surface area contributed by atoms with Crippen molar-refractivity contribution in [3.8, 4) is 0 Å². The van der Waals surface area contributed by atoms with Gasteiger partial charge in [-0.05, 0) is 33.6 Å². The lowest BCUT2D eigenvalue weighted by Crippen LogP contribution is -2.22. The first-order valence-electron chi connectivity index (χ1n) is 6.02. The number of allylic oxidation sites excluding steroid dienone is 2. The second-order valence-corrected chi connectivity index (χ2v) is 3.76. The van der Waals surface area contributed by atoms with Crippen LogP contribution in [0.1, 0.15) is 66.7 Å². The van der Waals surface area contributed by atoms with E-state index >= 15 is 0 Å². The molecular formula is C13H29N. The van der Waals surface area contributed by atoms with E-state index in [0.29, 0.717) is 6.04 Å². The minimum absolute atomic E-state index is 0.536. The maximum Gasteiger partial charge on any atom is 0.00388 e. The molecule has 0 aromatic rings. The molecule has 0 saturated heterocycles. The summed E-state index contributed by atoms with van der Waals surface area (Å²) in [7, 11) is 0. The molecule has 1 rings (SSSR count). The van der Waals surface area contributed by atoms with E-state index in [0.717, 1.165) is 0 Å². The van der Waals surface area contributed by atoms with Gasteiger partial charge in [0.2, 0.25) is 0 Å². The highest BCUT2D eigenvalue weighted by molar-refractivity contribution is 4.88. The zero-order valence-electron chi connectivity index (χ0n) is 10.8. The van der Waals surface area contributed by atoms with Gasteiger partial charge in [-0.2, -0.15) is 0 Å². The summed E-state index contributed by atoms with van der Waals surface area (Å²) in [5.41, 5.74) is 7.01. The molecule has 0 radical (unpaired) electrons. The van der Waals surface area contributed by atoms with E-state index < -0.39 is 0 Å². The summed E-state index contributed by atoms with van der Waals surface area (Å²) in [5, 5.41) is 0. The van der Waals surface area contributed by atoms with Gasteiger partial charge < -0.3 is 5.73 Å². The molecule has 0 amide bonds. The first-order chi connectivity index (χ1) is 6.66. The summed E-state index contributed by atoms with van der Waals surface area (Å²) in [6.45, 7) is 10.2. The monoisotopic (exact) mass is 199 g/mol. The van der Waals surface area contributed by atoms with E-state index in [2.05, 4.69) is 19.9 Å². The van der Waals surface area contributed by atoms with Crippen molar-refractivity contribution >= 4 is 0 Å². The van der Waals surface area contributed by atoms with Crippen LogP contribution < -0.4 is 5.73 Å². The van der Waals surface area contributed by atoms with Crippen LogP contribution >= 0.6 is 0 Å². The van der Waals surface area contributed by atoms with E-state index in [1.165, 1.54) is 37.7 Å². The Morgan fingerprint density at radius 2 is 1.43 bits per heavy atom. The minimum Gasteiger partial charge on any atom is -0.328 e. The summed E-state index contributed by atoms with van der Waals surface area (Å²) in [6.07, 6.45) is 8.75. The lowest BCUT2D eigenvalue weighted by Gasteiger charge is -2.15. The molecule has 1 fully saturated rings. The second-order valence-electron chi connectivity index (χ2n) is 3.76. The van der Waals surface area contributed by atoms with Crippen LogP contribution in [-0.2, 0) is 0 Å². The van der Waals surface area contributed by atoms with Crippen LogP contribution in [-0.4, -0.2) is 6.04 Å². The molecule has 0 bridgehead atoms. The van der Waals surface area contributed by atoms with Crippen LogP contribution in [0.5, 0.6) is 0 Å². The van der Waals surface area contributed by atoms with E-state index in [1.54, 1.807) is 0 Å². The van der Waals surface area contributed by atoms with Gasteiger partial charge in [-0.15, -0.1) is 0 Å². The summed E-state index contributed by atoms with van der Waals surface area (Å²) < 4.78 is 0. The zero-order chi connectivity index (χ0) is 11.4. The van der Waals surface area contributed by atoms with Crippen LogP contribution in [0.4, 0.5) is 0 Å². The fourth-order valence-corrected chi connectivity index (χ4v) is 1.13. The molecule has 1 heteroatoms. The highest BCUT2D eigenvalue weighted by Gasteiger charge is 2.06. The molecule has 86 valence electrons. The van der Waals surface area contributed by atoms with Crippen molar-refractivity contribution in [2.75, 3.05) is 0 Å². The van der Waals surface area contributed by atoms with Gasteiger partial charge in [0, 0.05) is 6.04 Å². The molecule has 0 aromatic carbocycles. The first-order valence-corrected chi connectivity index (χ1v) is 6.02. The molecule has 1 saturated carbocycles. The summed E-state index contributed by atoms with van der Waals surface area (Å²) >= 11 is 0. The Balaban J connectivity index is 0. The van der Waals surface area contributed by atoms with Crippen LogP contribution in [0.3, 0.4) is 0 Å². The first kappa shape index (κ1) is 16.1. The molecule has 0 heterocycles. The number of hydrogen-bond donors (Lipinski definition) is 1. The fourth-order valence-electron chi connectivity index (χ4n) is 1.13. The van der Waals surface area contributed by atoms with Crippen molar-refractivity contribution in [2.24, 2.45) is 5.73 Å². The molecular weight excluding hydrogens is 170 g/mol. The van der Waals surface area contributed by atoms with Crippen molar-refractivity contribution < 1.29 is 0 Å². The summed E-state index contributed by atoms with van der Waals surface area (Å²) in [5.74, 6) is 0. The standard InChI is InChI=1S/C6H13N.C5H10.C2H6/c7-6-4-2-1-3-5-6;1-4-5(2)3;1-2/h6H,1-5,7H2;4H,1-3H3;1-2H3. The Hall–Kier alpha value is -0.300. The minimum atomic E-state index is 0.536. The highest BCUT2D eigenvalue weighted by atomic mass is 14.6. The Bertz CT molecular complexity index is 117. The number of rotatable bonds is 0. The van der Waals surface area contributed by atoms with Crippen molar-refractivity contribution in [3.63, 3.8) is 0 Å².